The molecule has 4 nitrogen and oxygen atoms in total. The van der Waals surface area contributed by atoms with E-state index in [-0.39, 0.29) is 30.0 Å². The number of carbonyl (C=O) groups excluding carboxylic acids is 1. The van der Waals surface area contributed by atoms with Gasteiger partial charge in [-0.05, 0) is 33.3 Å². The van der Waals surface area contributed by atoms with Crippen molar-refractivity contribution in [1.29, 1.82) is 0 Å². The number of rotatable bonds is 2. The van der Waals surface area contributed by atoms with E-state index in [4.69, 9.17) is 10.5 Å². The minimum Gasteiger partial charge on any atom is -0.369 e. The second kappa shape index (κ2) is 6.34. The Morgan fingerprint density at radius 3 is 2.48 bits per heavy atom. The van der Waals surface area contributed by atoms with Gasteiger partial charge in [-0.25, -0.2) is 0 Å². The topological polar surface area (TPSA) is 55.6 Å². The van der Waals surface area contributed by atoms with Gasteiger partial charge in [0.05, 0.1) is 11.7 Å². The van der Waals surface area contributed by atoms with Crippen molar-refractivity contribution in [1.82, 2.24) is 4.90 Å². The van der Waals surface area contributed by atoms with Gasteiger partial charge in [0.25, 0.3) is 0 Å². The monoisotopic (exact) mass is 312 g/mol. The van der Waals surface area contributed by atoms with Crippen LogP contribution in [0.3, 0.4) is 0 Å². The molecule has 1 fully saturated rings. The number of ether oxygens (including phenoxy) is 1. The summed E-state index contributed by atoms with van der Waals surface area (Å²) in [5.41, 5.74) is 5.81. The molecule has 1 saturated heterocycles. The average molecular weight is 313 g/mol. The molecule has 2 atom stereocenters. The summed E-state index contributed by atoms with van der Waals surface area (Å²) in [6.07, 6.45) is 0.0225. The van der Waals surface area contributed by atoms with Gasteiger partial charge in [0.15, 0.2) is 0 Å². The quantitative estimate of drug-likeness (QED) is 0.911. The lowest BCUT2D eigenvalue weighted by molar-refractivity contribution is -0.162. The summed E-state index contributed by atoms with van der Waals surface area (Å²) < 4.78 is 5.84. The lowest BCUT2D eigenvalue weighted by Gasteiger charge is -2.44. The molecule has 1 heterocycles. The third-order valence-electron chi connectivity index (χ3n) is 3.67. The molecule has 2 unspecified atom stereocenters. The maximum Gasteiger partial charge on any atom is 0.247 e. The predicted molar refractivity (Wildman–Crippen MR) is 86.4 cm³/mol. The van der Waals surface area contributed by atoms with Gasteiger partial charge in [-0.15, -0.1) is 12.4 Å². The Kier molecular flexibility index (Phi) is 5.42. The molecule has 5 heteroatoms. The Hall–Kier alpha value is -1.10. The Morgan fingerprint density at radius 2 is 1.95 bits per heavy atom. The predicted octanol–water partition coefficient (Wildman–Crippen LogP) is 2.31. The van der Waals surface area contributed by atoms with Crippen LogP contribution >= 0.6 is 12.4 Å². The molecule has 0 saturated carbocycles. The highest BCUT2D eigenvalue weighted by atomic mass is 35.5. The molecule has 1 aromatic rings. The highest BCUT2D eigenvalue weighted by molar-refractivity contribution is 5.87. The number of halogens is 1. The zero-order chi connectivity index (χ0) is 15.0. The third kappa shape index (κ3) is 3.96. The van der Waals surface area contributed by atoms with Crippen LogP contribution in [0.4, 0.5) is 0 Å². The smallest absolute Gasteiger partial charge is 0.247 e. The summed E-state index contributed by atoms with van der Waals surface area (Å²) in [6.45, 7) is 8.91. The van der Waals surface area contributed by atoms with E-state index in [9.17, 15) is 4.79 Å². The van der Waals surface area contributed by atoms with Crippen LogP contribution in [0.1, 0.15) is 33.3 Å². The van der Waals surface area contributed by atoms with Gasteiger partial charge < -0.3 is 15.4 Å². The fourth-order valence-electron chi connectivity index (χ4n) is 2.84. The Morgan fingerprint density at radius 1 is 1.38 bits per heavy atom. The van der Waals surface area contributed by atoms with Crippen LogP contribution in [-0.4, -0.2) is 35.6 Å². The van der Waals surface area contributed by atoms with Crippen molar-refractivity contribution in [2.75, 3.05) is 13.1 Å². The fraction of sp³-hybridized carbons (Fsp3) is 0.562. The van der Waals surface area contributed by atoms with Crippen LogP contribution in [0.15, 0.2) is 30.3 Å². The first-order valence-electron chi connectivity index (χ1n) is 7.04. The van der Waals surface area contributed by atoms with E-state index in [2.05, 4.69) is 0 Å². The molecular weight excluding hydrogens is 288 g/mol. The molecule has 0 aromatic heterocycles. The van der Waals surface area contributed by atoms with Gasteiger partial charge in [0.2, 0.25) is 5.91 Å². The van der Waals surface area contributed by atoms with Crippen LogP contribution in [0.25, 0.3) is 0 Å². The van der Waals surface area contributed by atoms with Gasteiger partial charge in [0, 0.05) is 13.1 Å². The Balaban J connectivity index is 0.00000220. The minimum atomic E-state index is -1.01. The van der Waals surface area contributed by atoms with Crippen LogP contribution in [0.2, 0.25) is 0 Å². The van der Waals surface area contributed by atoms with Crippen LogP contribution < -0.4 is 5.73 Å². The number of carbonyl (C=O) groups is 1. The molecule has 2 rings (SSSR count). The van der Waals surface area contributed by atoms with Gasteiger partial charge in [-0.3, -0.25) is 4.79 Å². The molecule has 1 amide bonds. The van der Waals surface area contributed by atoms with Crippen LogP contribution in [0.5, 0.6) is 0 Å². The van der Waals surface area contributed by atoms with Crippen molar-refractivity contribution in [3.05, 3.63) is 35.9 Å². The number of benzene rings is 1. The van der Waals surface area contributed by atoms with Gasteiger partial charge in [0.1, 0.15) is 5.54 Å². The summed E-state index contributed by atoms with van der Waals surface area (Å²) in [5.74, 6) is -0.0491. The summed E-state index contributed by atoms with van der Waals surface area (Å²) >= 11 is 0. The first-order chi connectivity index (χ1) is 9.22. The Labute approximate surface area is 133 Å². The molecule has 0 bridgehead atoms. The number of amides is 1. The highest BCUT2D eigenvalue weighted by Gasteiger charge is 2.40. The molecule has 0 radical (unpaired) electrons. The SMILES string of the molecule is CC1CN(C(=O)C(C)(N)c2ccccc2)CC(C)(C)O1.Cl. The van der Waals surface area contributed by atoms with E-state index in [1.807, 2.05) is 56.0 Å². The molecule has 0 spiro atoms. The van der Waals surface area contributed by atoms with Gasteiger partial charge >= 0.3 is 0 Å². The largest absolute Gasteiger partial charge is 0.369 e. The van der Waals surface area contributed by atoms with Crippen molar-refractivity contribution >= 4 is 18.3 Å². The molecule has 2 N–H and O–H groups in total. The lowest BCUT2D eigenvalue weighted by Crippen LogP contribution is -2.59. The summed E-state index contributed by atoms with van der Waals surface area (Å²) in [5, 5.41) is 0. The van der Waals surface area contributed by atoms with Gasteiger partial charge in [-0.2, -0.15) is 0 Å². The summed E-state index contributed by atoms with van der Waals surface area (Å²) in [6, 6.07) is 9.52. The van der Waals surface area contributed by atoms with Crippen LogP contribution in [-0.2, 0) is 15.1 Å². The normalized spacial score (nSPS) is 23.9. The van der Waals surface area contributed by atoms with Crippen molar-refractivity contribution in [3.63, 3.8) is 0 Å². The number of nitrogens with two attached hydrogens (primary N) is 1. The number of hydrogen-bond acceptors (Lipinski definition) is 3. The number of hydrogen-bond donors (Lipinski definition) is 1. The van der Waals surface area contributed by atoms with Crippen molar-refractivity contribution in [2.45, 2.75) is 44.9 Å². The fourth-order valence-corrected chi connectivity index (χ4v) is 2.84. The highest BCUT2D eigenvalue weighted by Crippen LogP contribution is 2.26. The second-order valence-electron chi connectivity index (χ2n) is 6.44. The second-order valence-corrected chi connectivity index (χ2v) is 6.44. The number of nitrogens with zero attached hydrogens (tertiary/aromatic N) is 1. The minimum absolute atomic E-state index is 0. The third-order valence-corrected chi connectivity index (χ3v) is 3.67. The molecule has 1 aliphatic rings. The maximum absolute atomic E-state index is 12.8. The van der Waals surface area contributed by atoms with Crippen molar-refractivity contribution in [2.24, 2.45) is 5.73 Å². The maximum atomic E-state index is 12.8. The summed E-state index contributed by atoms with van der Waals surface area (Å²) in [4.78, 5) is 14.6. The zero-order valence-corrected chi connectivity index (χ0v) is 13.9. The lowest BCUT2D eigenvalue weighted by atomic mass is 9.90. The standard InChI is InChI=1S/C16H24N2O2.ClH/c1-12-10-18(11-15(2,3)20-12)14(19)16(4,17)13-8-6-5-7-9-13;/h5-9,12H,10-11,17H2,1-4H3;1H. The number of morpholine rings is 1. The molecule has 0 aliphatic carbocycles. The molecule has 21 heavy (non-hydrogen) atoms. The van der Waals surface area contributed by atoms with E-state index < -0.39 is 5.54 Å². The molecular formula is C16H25ClN2O2. The van der Waals surface area contributed by atoms with E-state index in [0.29, 0.717) is 13.1 Å². The van der Waals surface area contributed by atoms with Crippen molar-refractivity contribution in [3.8, 4) is 0 Å². The van der Waals surface area contributed by atoms with E-state index in [1.54, 1.807) is 6.92 Å². The van der Waals surface area contributed by atoms with E-state index in [0.717, 1.165) is 5.56 Å². The first kappa shape index (κ1) is 18.0. The summed E-state index contributed by atoms with van der Waals surface area (Å²) in [7, 11) is 0. The Bertz CT molecular complexity index is 488. The zero-order valence-electron chi connectivity index (χ0n) is 13.1. The first-order valence-corrected chi connectivity index (χ1v) is 7.04. The van der Waals surface area contributed by atoms with E-state index in [1.165, 1.54) is 0 Å². The molecule has 1 aliphatic heterocycles. The van der Waals surface area contributed by atoms with Crippen LogP contribution in [0, 0.1) is 0 Å². The average Bonchev–Trinajstić information content (AvgIpc) is 2.36. The van der Waals surface area contributed by atoms with E-state index >= 15 is 0 Å². The molecule has 1 aromatic carbocycles. The van der Waals surface area contributed by atoms with Crippen molar-refractivity contribution < 1.29 is 9.53 Å². The van der Waals surface area contributed by atoms with Gasteiger partial charge in [-0.1, -0.05) is 30.3 Å². The molecule has 118 valence electrons.